The first-order valence-corrected chi connectivity index (χ1v) is 8.92. The third kappa shape index (κ3) is 5.20. The van der Waals surface area contributed by atoms with E-state index in [0.29, 0.717) is 23.9 Å². The highest BCUT2D eigenvalue weighted by atomic mass is 32.1. The highest BCUT2D eigenvalue weighted by molar-refractivity contribution is 7.71. The number of nitrogens with one attached hydrogen (secondary N) is 2. The van der Waals surface area contributed by atoms with Gasteiger partial charge in [-0.25, -0.2) is 0 Å². The van der Waals surface area contributed by atoms with Gasteiger partial charge in [-0.3, -0.25) is 4.79 Å². The molecule has 0 bridgehead atoms. The van der Waals surface area contributed by atoms with Gasteiger partial charge >= 0.3 is 0 Å². The first-order chi connectivity index (χ1) is 11.8. The molecule has 1 atom stereocenters. The van der Waals surface area contributed by atoms with Gasteiger partial charge in [0.15, 0.2) is 13.2 Å². The molecule has 0 fully saturated rings. The normalized spacial score (nSPS) is 12.6. The first kappa shape index (κ1) is 19.3. The van der Waals surface area contributed by atoms with E-state index in [1.165, 1.54) is 5.56 Å². The lowest BCUT2D eigenvalue weighted by atomic mass is 10.0. The smallest absolute Gasteiger partial charge is 0.275 e. The van der Waals surface area contributed by atoms with Crippen LogP contribution in [0.25, 0.3) is 5.69 Å². The van der Waals surface area contributed by atoms with Crippen molar-refractivity contribution in [1.29, 1.82) is 0 Å². The molecule has 2 N–H and O–H groups in total. The molecule has 0 radical (unpaired) electrons. The summed E-state index contributed by atoms with van der Waals surface area (Å²) >= 11 is 5.48. The zero-order valence-corrected chi connectivity index (χ0v) is 16.3. The molecule has 1 heterocycles. The van der Waals surface area contributed by atoms with Crippen LogP contribution in [-0.2, 0) is 11.5 Å². The Kier molecular flexibility index (Phi) is 6.44. The number of carbonyl (C=O) groups is 1. The van der Waals surface area contributed by atoms with Gasteiger partial charge in [0.2, 0.25) is 4.77 Å². The minimum Gasteiger partial charge on any atom is -0.349 e. The van der Waals surface area contributed by atoms with Crippen LogP contribution in [0.4, 0.5) is 0 Å². The van der Waals surface area contributed by atoms with Crippen LogP contribution in [0, 0.1) is 4.77 Å². The molecular weight excluding hydrogens is 336 g/mol. The number of nitrogens with zero attached hydrogens (tertiary/aromatic N) is 4. The molecule has 2 aromatic rings. The van der Waals surface area contributed by atoms with E-state index in [0.717, 1.165) is 10.6 Å². The summed E-state index contributed by atoms with van der Waals surface area (Å²) in [5, 5.41) is 11.2. The van der Waals surface area contributed by atoms with Crippen molar-refractivity contribution in [2.45, 2.75) is 46.3 Å². The molecule has 1 unspecified atom stereocenters. The number of rotatable bonds is 7. The fraction of sp³-hybridized carbons (Fsp3) is 0.529. The molecule has 7 nitrogen and oxygen atoms in total. The molecule has 0 saturated carbocycles. The van der Waals surface area contributed by atoms with Gasteiger partial charge in [0.1, 0.15) is 0 Å². The number of likely N-dealkylation sites (N-methyl/N-ethyl adjacent to an activating group) is 1. The Hall–Kier alpha value is -2.06. The van der Waals surface area contributed by atoms with E-state index in [9.17, 15) is 4.79 Å². The quantitative estimate of drug-likeness (QED) is 0.718. The molecule has 0 aliphatic heterocycles. The SMILES string of the molecule is CC(C)NC(=O)C[NH+](C)Cn1nnn(-c2ccc(C(C)C)cc2)c1=S. The molecule has 25 heavy (non-hydrogen) atoms. The zero-order valence-electron chi connectivity index (χ0n) is 15.5. The standard InChI is InChI=1S/C17H26N6OS/c1-12(2)14-6-8-15(9-7-14)23-17(25)22(19-20-23)11-21(5)10-16(24)18-13(3)4/h6-9,12-13H,10-11H2,1-5H3,(H,18,24)/p+1. The molecule has 0 aliphatic rings. The number of aromatic nitrogens is 4. The van der Waals surface area contributed by atoms with Gasteiger partial charge in [0.25, 0.3) is 5.91 Å². The fourth-order valence-electron chi connectivity index (χ4n) is 2.49. The van der Waals surface area contributed by atoms with Crippen molar-refractivity contribution in [3.8, 4) is 5.69 Å². The van der Waals surface area contributed by atoms with Crippen LogP contribution >= 0.6 is 12.2 Å². The van der Waals surface area contributed by atoms with E-state index in [1.807, 2.05) is 33.0 Å². The molecule has 0 aliphatic carbocycles. The molecule has 0 saturated heterocycles. The predicted octanol–water partition coefficient (Wildman–Crippen LogP) is 0.918. The molecule has 1 amide bonds. The monoisotopic (exact) mass is 363 g/mol. The van der Waals surface area contributed by atoms with Crippen LogP contribution in [0.2, 0.25) is 0 Å². The van der Waals surface area contributed by atoms with E-state index in [-0.39, 0.29) is 11.9 Å². The second kappa shape index (κ2) is 8.35. The molecule has 1 aromatic carbocycles. The van der Waals surface area contributed by atoms with Crippen LogP contribution in [0.5, 0.6) is 0 Å². The third-order valence-electron chi connectivity index (χ3n) is 3.78. The summed E-state index contributed by atoms with van der Waals surface area (Å²) < 4.78 is 3.80. The number of tetrazole rings is 1. The summed E-state index contributed by atoms with van der Waals surface area (Å²) in [6.07, 6.45) is 0. The van der Waals surface area contributed by atoms with Crippen molar-refractivity contribution in [2.24, 2.45) is 0 Å². The second-order valence-electron chi connectivity index (χ2n) is 6.93. The van der Waals surface area contributed by atoms with E-state index in [1.54, 1.807) is 9.36 Å². The molecule has 2 rings (SSSR count). The van der Waals surface area contributed by atoms with Gasteiger partial charge in [-0.05, 0) is 60.1 Å². The molecule has 8 heteroatoms. The fourth-order valence-corrected chi connectivity index (χ4v) is 2.74. The summed E-state index contributed by atoms with van der Waals surface area (Å²) in [6.45, 7) is 9.04. The van der Waals surface area contributed by atoms with Crippen molar-refractivity contribution in [1.82, 2.24) is 25.1 Å². The highest BCUT2D eigenvalue weighted by Crippen LogP contribution is 2.16. The van der Waals surface area contributed by atoms with Gasteiger partial charge in [-0.1, -0.05) is 26.0 Å². The Balaban J connectivity index is 2.08. The van der Waals surface area contributed by atoms with Gasteiger partial charge in [-0.2, -0.15) is 9.36 Å². The highest BCUT2D eigenvalue weighted by Gasteiger charge is 2.14. The van der Waals surface area contributed by atoms with E-state index in [2.05, 4.69) is 41.7 Å². The number of hydrogen-bond acceptors (Lipinski definition) is 4. The maximum absolute atomic E-state index is 11.8. The number of quaternary nitrogens is 1. The average molecular weight is 364 g/mol. The predicted molar refractivity (Wildman–Crippen MR) is 99.3 cm³/mol. The topological polar surface area (TPSA) is 69.2 Å². The van der Waals surface area contributed by atoms with Gasteiger partial charge < -0.3 is 10.2 Å². The largest absolute Gasteiger partial charge is 0.349 e. The average Bonchev–Trinajstić information content (AvgIpc) is 2.87. The first-order valence-electron chi connectivity index (χ1n) is 8.51. The van der Waals surface area contributed by atoms with Crippen LogP contribution in [0.3, 0.4) is 0 Å². The lowest BCUT2D eigenvalue weighted by Crippen LogP contribution is -3.09. The van der Waals surface area contributed by atoms with Crippen LogP contribution in [-0.4, -0.2) is 45.3 Å². The molecule has 0 spiro atoms. The van der Waals surface area contributed by atoms with E-state index >= 15 is 0 Å². The maximum Gasteiger partial charge on any atom is 0.275 e. The minimum atomic E-state index is 0.00989. The van der Waals surface area contributed by atoms with Crippen molar-refractivity contribution >= 4 is 18.1 Å². The number of carbonyl (C=O) groups excluding carboxylic acids is 1. The Bertz CT molecular complexity index is 762. The van der Waals surface area contributed by atoms with Crippen LogP contribution in [0.15, 0.2) is 24.3 Å². The summed E-state index contributed by atoms with van der Waals surface area (Å²) in [6, 6.07) is 8.29. The van der Waals surface area contributed by atoms with Crippen LogP contribution in [0.1, 0.15) is 39.2 Å². The summed E-state index contributed by atoms with van der Waals surface area (Å²) in [4.78, 5) is 12.8. The Morgan fingerprint density at radius 2 is 1.84 bits per heavy atom. The summed E-state index contributed by atoms with van der Waals surface area (Å²) in [5.41, 5.74) is 2.15. The number of hydrogen-bond donors (Lipinski definition) is 2. The van der Waals surface area contributed by atoms with E-state index < -0.39 is 0 Å². The Morgan fingerprint density at radius 3 is 2.40 bits per heavy atom. The van der Waals surface area contributed by atoms with Crippen molar-refractivity contribution in [2.75, 3.05) is 13.6 Å². The molecule has 1 aromatic heterocycles. The molecule has 136 valence electrons. The van der Waals surface area contributed by atoms with E-state index in [4.69, 9.17) is 12.2 Å². The lowest BCUT2D eigenvalue weighted by molar-refractivity contribution is -0.895. The van der Waals surface area contributed by atoms with Crippen molar-refractivity contribution in [3.05, 3.63) is 34.6 Å². The third-order valence-corrected chi connectivity index (χ3v) is 4.16. The zero-order chi connectivity index (χ0) is 18.6. The summed E-state index contributed by atoms with van der Waals surface area (Å²) in [7, 11) is 1.93. The lowest BCUT2D eigenvalue weighted by Gasteiger charge is -2.14. The number of benzene rings is 1. The Morgan fingerprint density at radius 1 is 1.20 bits per heavy atom. The minimum absolute atomic E-state index is 0.00989. The molecular formula is C17H27N6OS+. The van der Waals surface area contributed by atoms with Gasteiger partial charge in [-0.15, -0.1) is 0 Å². The van der Waals surface area contributed by atoms with Crippen LogP contribution < -0.4 is 10.2 Å². The van der Waals surface area contributed by atoms with Crippen molar-refractivity contribution in [3.63, 3.8) is 0 Å². The Labute approximate surface area is 153 Å². The number of amides is 1. The maximum atomic E-state index is 11.8. The second-order valence-corrected chi connectivity index (χ2v) is 7.30. The van der Waals surface area contributed by atoms with Gasteiger partial charge in [0, 0.05) is 6.04 Å². The van der Waals surface area contributed by atoms with Gasteiger partial charge in [0.05, 0.1) is 12.7 Å². The summed E-state index contributed by atoms with van der Waals surface area (Å²) in [5.74, 6) is 0.489. The van der Waals surface area contributed by atoms with Crippen molar-refractivity contribution < 1.29 is 9.69 Å².